The van der Waals surface area contributed by atoms with Crippen molar-refractivity contribution in [3.63, 3.8) is 0 Å². The summed E-state index contributed by atoms with van der Waals surface area (Å²) in [5.74, 6) is 1.76. The maximum atomic E-state index is 13.2. The number of rotatable bonds is 7. The summed E-state index contributed by atoms with van der Waals surface area (Å²) in [6, 6.07) is 22.2. The quantitative estimate of drug-likeness (QED) is 0.559. The van der Waals surface area contributed by atoms with Gasteiger partial charge in [0.25, 0.3) is 0 Å². The molecule has 1 aromatic heterocycles. The van der Waals surface area contributed by atoms with Gasteiger partial charge in [0, 0.05) is 31.1 Å². The highest BCUT2D eigenvalue weighted by Gasteiger charge is 2.38. The molecule has 32 heavy (non-hydrogen) atoms. The van der Waals surface area contributed by atoms with Crippen molar-refractivity contribution in [3.05, 3.63) is 84.1 Å². The number of ether oxygens (including phenoxy) is 1. The fourth-order valence-electron chi connectivity index (χ4n) is 4.75. The number of hydrogen-bond acceptors (Lipinski definition) is 4. The first-order valence-corrected chi connectivity index (χ1v) is 11.3. The number of aromatic nitrogens is 1. The SMILES string of the molecule is CCc1cccnc1N1CCC(CC(=O)Nc2ccccc2OC)(c2ccccc2)CC1. The highest BCUT2D eigenvalue weighted by Crippen LogP contribution is 2.40. The predicted molar refractivity (Wildman–Crippen MR) is 129 cm³/mol. The van der Waals surface area contributed by atoms with Crippen LogP contribution in [0.2, 0.25) is 0 Å². The van der Waals surface area contributed by atoms with Gasteiger partial charge < -0.3 is 15.0 Å². The number of methoxy groups -OCH3 is 1. The number of anilines is 2. The van der Waals surface area contributed by atoms with Crippen LogP contribution in [0.25, 0.3) is 0 Å². The van der Waals surface area contributed by atoms with Crippen LogP contribution in [0.4, 0.5) is 11.5 Å². The summed E-state index contributed by atoms with van der Waals surface area (Å²) < 4.78 is 5.40. The summed E-state index contributed by atoms with van der Waals surface area (Å²) in [7, 11) is 1.62. The number of pyridine rings is 1. The first-order valence-electron chi connectivity index (χ1n) is 11.3. The van der Waals surface area contributed by atoms with Gasteiger partial charge in [0.1, 0.15) is 11.6 Å². The number of para-hydroxylation sites is 2. The number of piperidine rings is 1. The van der Waals surface area contributed by atoms with Crippen LogP contribution in [0.5, 0.6) is 5.75 Å². The summed E-state index contributed by atoms with van der Waals surface area (Å²) in [4.78, 5) is 20.2. The molecule has 1 saturated heterocycles. The van der Waals surface area contributed by atoms with Crippen molar-refractivity contribution in [1.29, 1.82) is 0 Å². The Bertz CT molecular complexity index is 1040. The monoisotopic (exact) mass is 429 g/mol. The zero-order valence-electron chi connectivity index (χ0n) is 18.9. The maximum absolute atomic E-state index is 13.2. The van der Waals surface area contributed by atoms with Crippen LogP contribution < -0.4 is 15.0 Å². The van der Waals surface area contributed by atoms with Gasteiger partial charge in [-0.2, -0.15) is 0 Å². The highest BCUT2D eigenvalue weighted by molar-refractivity contribution is 5.93. The molecule has 0 unspecified atom stereocenters. The fraction of sp³-hybridized carbons (Fsp3) is 0.333. The molecule has 0 radical (unpaired) electrons. The van der Waals surface area contributed by atoms with E-state index in [1.54, 1.807) is 7.11 Å². The number of aryl methyl sites for hydroxylation is 1. The van der Waals surface area contributed by atoms with Crippen molar-refractivity contribution in [2.24, 2.45) is 0 Å². The van der Waals surface area contributed by atoms with Gasteiger partial charge in [-0.15, -0.1) is 0 Å². The number of carbonyl (C=O) groups is 1. The van der Waals surface area contributed by atoms with Crippen LogP contribution in [0.3, 0.4) is 0 Å². The molecule has 0 atom stereocenters. The van der Waals surface area contributed by atoms with Gasteiger partial charge in [0.2, 0.25) is 5.91 Å². The summed E-state index contributed by atoms with van der Waals surface area (Å²) in [5.41, 5.74) is 3.01. The first-order chi connectivity index (χ1) is 15.6. The van der Waals surface area contributed by atoms with E-state index in [1.807, 2.05) is 42.6 Å². The minimum Gasteiger partial charge on any atom is -0.495 e. The third-order valence-electron chi connectivity index (χ3n) is 6.53. The number of nitrogens with one attached hydrogen (secondary N) is 1. The Morgan fingerprint density at radius 3 is 2.47 bits per heavy atom. The normalized spacial score (nSPS) is 15.2. The van der Waals surface area contributed by atoms with Gasteiger partial charge >= 0.3 is 0 Å². The van der Waals surface area contributed by atoms with Crippen LogP contribution in [0.1, 0.15) is 37.3 Å². The minimum absolute atomic E-state index is 0.0129. The van der Waals surface area contributed by atoms with E-state index in [4.69, 9.17) is 4.74 Å². The molecule has 3 aromatic rings. The second-order valence-electron chi connectivity index (χ2n) is 8.40. The van der Waals surface area contributed by atoms with Crippen molar-refractivity contribution in [2.75, 3.05) is 30.4 Å². The third kappa shape index (κ3) is 4.62. The lowest BCUT2D eigenvalue weighted by Gasteiger charge is -2.43. The molecule has 2 heterocycles. The van der Waals surface area contributed by atoms with Crippen LogP contribution in [0.15, 0.2) is 72.9 Å². The van der Waals surface area contributed by atoms with E-state index in [1.165, 1.54) is 11.1 Å². The molecule has 166 valence electrons. The topological polar surface area (TPSA) is 54.5 Å². The molecule has 0 bridgehead atoms. The summed E-state index contributed by atoms with van der Waals surface area (Å²) in [6.45, 7) is 3.92. The maximum Gasteiger partial charge on any atom is 0.225 e. The summed E-state index contributed by atoms with van der Waals surface area (Å²) in [6.07, 6.45) is 5.07. The van der Waals surface area contributed by atoms with E-state index in [0.717, 1.165) is 38.2 Å². The van der Waals surface area contributed by atoms with E-state index >= 15 is 0 Å². The molecule has 5 nitrogen and oxygen atoms in total. The number of carbonyl (C=O) groups excluding carboxylic acids is 1. The van der Waals surface area contributed by atoms with Gasteiger partial charge in [-0.05, 0) is 48.6 Å². The van der Waals surface area contributed by atoms with E-state index < -0.39 is 0 Å². The molecule has 0 aliphatic carbocycles. The summed E-state index contributed by atoms with van der Waals surface area (Å²) in [5, 5.41) is 3.07. The lowest BCUT2D eigenvalue weighted by Crippen LogP contribution is -2.45. The number of nitrogens with zero attached hydrogens (tertiary/aromatic N) is 2. The van der Waals surface area contributed by atoms with Crippen molar-refractivity contribution in [3.8, 4) is 5.75 Å². The third-order valence-corrected chi connectivity index (χ3v) is 6.53. The molecule has 5 heteroatoms. The molecule has 1 N–H and O–H groups in total. The zero-order chi connectivity index (χ0) is 22.4. The summed E-state index contributed by atoms with van der Waals surface area (Å²) >= 11 is 0. The Kier molecular flexibility index (Phi) is 6.74. The van der Waals surface area contributed by atoms with Crippen molar-refractivity contribution in [1.82, 2.24) is 4.98 Å². The van der Waals surface area contributed by atoms with E-state index in [0.29, 0.717) is 17.9 Å². The smallest absolute Gasteiger partial charge is 0.225 e. The standard InChI is InChI=1S/C27H31N3O2/c1-3-21-10-9-17-28-26(21)30-18-15-27(16-19-30,22-11-5-4-6-12-22)20-25(31)29-23-13-7-8-14-24(23)32-2/h4-14,17H,3,15-16,18-20H2,1-2H3,(H,29,31). The number of hydrogen-bond donors (Lipinski definition) is 1. The lowest BCUT2D eigenvalue weighted by atomic mass is 9.70. The van der Waals surface area contributed by atoms with E-state index in [-0.39, 0.29) is 11.3 Å². The average molecular weight is 430 g/mol. The largest absolute Gasteiger partial charge is 0.495 e. The van der Waals surface area contributed by atoms with Gasteiger partial charge in [-0.3, -0.25) is 4.79 Å². The highest BCUT2D eigenvalue weighted by atomic mass is 16.5. The predicted octanol–water partition coefficient (Wildman–Crippen LogP) is 5.22. The molecule has 1 amide bonds. The van der Waals surface area contributed by atoms with Crippen molar-refractivity contribution < 1.29 is 9.53 Å². The Morgan fingerprint density at radius 2 is 1.75 bits per heavy atom. The molecule has 1 fully saturated rings. The zero-order valence-corrected chi connectivity index (χ0v) is 18.9. The van der Waals surface area contributed by atoms with Gasteiger partial charge in [0.15, 0.2) is 0 Å². The van der Waals surface area contributed by atoms with Crippen LogP contribution in [0, 0.1) is 0 Å². The Morgan fingerprint density at radius 1 is 1.03 bits per heavy atom. The molecule has 0 spiro atoms. The fourth-order valence-corrected chi connectivity index (χ4v) is 4.75. The molecular weight excluding hydrogens is 398 g/mol. The van der Waals surface area contributed by atoms with E-state index in [2.05, 4.69) is 52.5 Å². The molecule has 1 aliphatic heterocycles. The lowest BCUT2D eigenvalue weighted by molar-refractivity contribution is -0.117. The van der Waals surface area contributed by atoms with Crippen LogP contribution in [-0.2, 0) is 16.6 Å². The second-order valence-corrected chi connectivity index (χ2v) is 8.40. The molecule has 4 rings (SSSR count). The first kappa shape index (κ1) is 21.9. The minimum atomic E-state index is -0.203. The van der Waals surface area contributed by atoms with Gasteiger partial charge in [-0.1, -0.05) is 55.5 Å². The van der Waals surface area contributed by atoms with Crippen LogP contribution >= 0.6 is 0 Å². The molecular formula is C27H31N3O2. The molecule has 2 aromatic carbocycles. The molecule has 1 aliphatic rings. The van der Waals surface area contributed by atoms with Crippen LogP contribution in [-0.4, -0.2) is 31.1 Å². The van der Waals surface area contributed by atoms with Gasteiger partial charge in [-0.25, -0.2) is 4.98 Å². The molecule has 0 saturated carbocycles. The number of amides is 1. The second kappa shape index (κ2) is 9.86. The Balaban J connectivity index is 1.55. The Labute approximate surface area is 190 Å². The number of benzene rings is 2. The van der Waals surface area contributed by atoms with Gasteiger partial charge in [0.05, 0.1) is 12.8 Å². The average Bonchev–Trinajstić information content (AvgIpc) is 2.85. The van der Waals surface area contributed by atoms with E-state index in [9.17, 15) is 4.79 Å². The Hall–Kier alpha value is -3.34. The van der Waals surface area contributed by atoms with Crippen molar-refractivity contribution >= 4 is 17.4 Å². The van der Waals surface area contributed by atoms with Crippen molar-refractivity contribution in [2.45, 2.75) is 38.0 Å².